The second-order valence-electron chi connectivity index (χ2n) is 13.4. The topological polar surface area (TPSA) is 61.7 Å². The number of aliphatic hydroxyl groups excluding tert-OH is 2. The lowest BCUT2D eigenvalue weighted by molar-refractivity contribution is -0.170. The summed E-state index contributed by atoms with van der Waals surface area (Å²) in [7, 11) is 0. The Labute approximate surface area is 188 Å². The van der Waals surface area contributed by atoms with Gasteiger partial charge in [-0.1, -0.05) is 27.7 Å². The molecule has 2 heterocycles. The van der Waals surface area contributed by atoms with Crippen LogP contribution in [-0.4, -0.2) is 40.8 Å². The maximum Gasteiger partial charge on any atom is 0.122 e. The molecule has 31 heavy (non-hydrogen) atoms. The van der Waals surface area contributed by atoms with Crippen molar-refractivity contribution in [1.29, 1.82) is 0 Å². The first-order valence-electron chi connectivity index (χ1n) is 13.5. The molecular formula is C27H45NO3. The molecule has 13 atom stereocenters. The Morgan fingerprint density at radius 2 is 1.65 bits per heavy atom. The molecule has 176 valence electrons. The van der Waals surface area contributed by atoms with E-state index in [0.29, 0.717) is 40.9 Å². The average molecular weight is 432 g/mol. The van der Waals surface area contributed by atoms with Crippen LogP contribution in [0.1, 0.15) is 85.5 Å². The number of nitrogens with one attached hydrogen (secondary N) is 1. The van der Waals surface area contributed by atoms with Crippen LogP contribution in [0.5, 0.6) is 0 Å². The number of piperidine rings is 1. The number of hydrogen-bond donors (Lipinski definition) is 3. The first-order valence-corrected chi connectivity index (χ1v) is 13.5. The van der Waals surface area contributed by atoms with Crippen LogP contribution in [-0.2, 0) is 4.74 Å². The van der Waals surface area contributed by atoms with E-state index in [2.05, 4.69) is 33.0 Å². The van der Waals surface area contributed by atoms with Crippen molar-refractivity contribution < 1.29 is 14.9 Å². The molecule has 3 N–H and O–H groups in total. The van der Waals surface area contributed by atoms with Gasteiger partial charge < -0.3 is 14.9 Å². The highest BCUT2D eigenvalue weighted by Gasteiger charge is 2.71. The van der Waals surface area contributed by atoms with Crippen LogP contribution in [0.15, 0.2) is 0 Å². The van der Waals surface area contributed by atoms with Crippen molar-refractivity contribution >= 4 is 0 Å². The summed E-state index contributed by atoms with van der Waals surface area (Å²) in [6.07, 6.45) is 10.1. The number of hydrogen-bond acceptors (Lipinski definition) is 4. The first kappa shape index (κ1) is 21.4. The molecule has 2 saturated heterocycles. The fourth-order valence-corrected chi connectivity index (χ4v) is 10.5. The fraction of sp³-hybridized carbons (Fsp3) is 1.00. The summed E-state index contributed by atoms with van der Waals surface area (Å²) >= 11 is 0. The highest BCUT2D eigenvalue weighted by molar-refractivity contribution is 5.19. The molecule has 4 heteroatoms. The third-order valence-electron chi connectivity index (χ3n) is 12.1. The van der Waals surface area contributed by atoms with Crippen molar-refractivity contribution in [2.75, 3.05) is 6.54 Å². The highest BCUT2D eigenvalue weighted by Crippen LogP contribution is 2.71. The number of rotatable bonds is 0. The molecule has 2 aliphatic heterocycles. The van der Waals surface area contributed by atoms with Crippen LogP contribution >= 0.6 is 0 Å². The maximum atomic E-state index is 11.8. The van der Waals surface area contributed by atoms with E-state index in [1.54, 1.807) is 0 Å². The molecule has 0 aromatic rings. The Balaban J connectivity index is 1.30. The van der Waals surface area contributed by atoms with Crippen LogP contribution in [0.2, 0.25) is 0 Å². The number of aliphatic hydroxyl groups is 2. The normalized spacial score (nSPS) is 63.3. The van der Waals surface area contributed by atoms with Crippen molar-refractivity contribution in [3.8, 4) is 0 Å². The van der Waals surface area contributed by atoms with E-state index in [-0.39, 0.29) is 29.5 Å². The fourth-order valence-electron chi connectivity index (χ4n) is 10.5. The molecule has 0 aromatic heterocycles. The molecule has 0 radical (unpaired) electrons. The summed E-state index contributed by atoms with van der Waals surface area (Å²) in [5.74, 6) is 4.04. The molecule has 0 amide bonds. The minimum absolute atomic E-state index is 0.00311. The average Bonchev–Trinajstić information content (AvgIpc) is 3.14. The Hall–Kier alpha value is -0.160. The molecule has 4 aliphatic carbocycles. The molecule has 4 nitrogen and oxygen atoms in total. The van der Waals surface area contributed by atoms with Gasteiger partial charge in [-0.25, -0.2) is 0 Å². The van der Waals surface area contributed by atoms with Gasteiger partial charge >= 0.3 is 0 Å². The maximum absolute atomic E-state index is 11.8. The van der Waals surface area contributed by atoms with Gasteiger partial charge in [0.05, 0.1) is 18.3 Å². The largest absolute Gasteiger partial charge is 0.393 e. The van der Waals surface area contributed by atoms with Crippen LogP contribution < -0.4 is 5.32 Å². The SMILES string of the molecule is C[C@@H]1CC[C@@]2(NC1)O[C@@H]1[C@H](O)[C@H]3[C@@H]4CC[C@H]5C[C@@H](O)CC[C@]5(C)[C@H]4CC[C@]3(C)[C@H]1[C@@H]2C. The van der Waals surface area contributed by atoms with Gasteiger partial charge in [0.1, 0.15) is 5.72 Å². The summed E-state index contributed by atoms with van der Waals surface area (Å²) in [5, 5.41) is 25.9. The standard InChI is InChI=1S/C27H45NO3/c1-15-7-12-27(28-14-15)16(2)21-24(31-27)23(30)22-19-6-5-17-13-18(29)8-10-25(17,3)20(19)9-11-26(21,22)4/h15-24,28-30H,5-14H2,1-4H3/t15-,16+,17+,18+,19-,20+,21+,22-,23-,24+,25+,26-,27-/m1/s1. The predicted molar refractivity (Wildman–Crippen MR) is 121 cm³/mol. The summed E-state index contributed by atoms with van der Waals surface area (Å²) in [5.41, 5.74) is 0.336. The molecule has 6 aliphatic rings. The van der Waals surface area contributed by atoms with E-state index >= 15 is 0 Å². The lowest BCUT2D eigenvalue weighted by Gasteiger charge is -2.61. The number of fused-ring (bicyclic) bond motifs is 7. The van der Waals surface area contributed by atoms with E-state index < -0.39 is 0 Å². The second kappa shape index (κ2) is 6.93. The first-order chi connectivity index (χ1) is 14.7. The zero-order chi connectivity index (χ0) is 21.8. The summed E-state index contributed by atoms with van der Waals surface area (Å²) in [4.78, 5) is 0. The van der Waals surface area contributed by atoms with Gasteiger partial charge in [-0.2, -0.15) is 0 Å². The molecule has 6 fully saturated rings. The molecule has 0 bridgehead atoms. The van der Waals surface area contributed by atoms with Gasteiger partial charge in [0.25, 0.3) is 0 Å². The van der Waals surface area contributed by atoms with Gasteiger partial charge in [-0.3, -0.25) is 5.32 Å². The van der Waals surface area contributed by atoms with E-state index in [1.807, 2.05) is 0 Å². The van der Waals surface area contributed by atoms with Gasteiger partial charge in [0.15, 0.2) is 0 Å². The minimum Gasteiger partial charge on any atom is -0.393 e. The zero-order valence-corrected chi connectivity index (χ0v) is 20.1. The van der Waals surface area contributed by atoms with E-state index in [9.17, 15) is 10.2 Å². The molecule has 6 rings (SSSR count). The van der Waals surface area contributed by atoms with E-state index in [1.165, 1.54) is 38.5 Å². The molecule has 4 saturated carbocycles. The van der Waals surface area contributed by atoms with Crippen molar-refractivity contribution in [1.82, 2.24) is 5.32 Å². The van der Waals surface area contributed by atoms with Gasteiger partial charge in [-0.05, 0) is 98.2 Å². The molecule has 0 aromatic carbocycles. The van der Waals surface area contributed by atoms with E-state index in [4.69, 9.17) is 4.74 Å². The van der Waals surface area contributed by atoms with Gasteiger partial charge in [0.2, 0.25) is 0 Å². The zero-order valence-electron chi connectivity index (χ0n) is 20.1. The summed E-state index contributed by atoms with van der Waals surface area (Å²) in [6.45, 7) is 10.8. The Bertz CT molecular complexity index is 719. The highest BCUT2D eigenvalue weighted by atomic mass is 16.5. The Kier molecular flexibility index (Phi) is 4.78. The van der Waals surface area contributed by atoms with Crippen molar-refractivity contribution in [2.24, 2.45) is 52.3 Å². The van der Waals surface area contributed by atoms with Crippen LogP contribution in [0.4, 0.5) is 0 Å². The third kappa shape index (κ3) is 2.74. The summed E-state index contributed by atoms with van der Waals surface area (Å²) in [6, 6.07) is 0. The van der Waals surface area contributed by atoms with Crippen molar-refractivity contribution in [3.63, 3.8) is 0 Å². The van der Waals surface area contributed by atoms with Gasteiger partial charge in [0, 0.05) is 18.4 Å². The molecular weight excluding hydrogens is 386 g/mol. The molecule has 0 unspecified atom stereocenters. The van der Waals surface area contributed by atoms with Crippen LogP contribution in [0.3, 0.4) is 0 Å². The van der Waals surface area contributed by atoms with Gasteiger partial charge in [-0.15, -0.1) is 0 Å². The summed E-state index contributed by atoms with van der Waals surface area (Å²) < 4.78 is 6.88. The lowest BCUT2D eigenvalue weighted by atomic mass is 9.44. The number of ether oxygens (including phenoxy) is 1. The van der Waals surface area contributed by atoms with Crippen LogP contribution in [0, 0.1) is 52.3 Å². The smallest absolute Gasteiger partial charge is 0.122 e. The monoisotopic (exact) mass is 431 g/mol. The predicted octanol–water partition coefficient (Wildman–Crippen LogP) is 4.34. The Morgan fingerprint density at radius 1 is 0.871 bits per heavy atom. The Morgan fingerprint density at radius 3 is 2.39 bits per heavy atom. The van der Waals surface area contributed by atoms with Crippen molar-refractivity contribution in [3.05, 3.63) is 0 Å². The molecule has 1 spiro atoms. The van der Waals surface area contributed by atoms with E-state index in [0.717, 1.165) is 31.7 Å². The van der Waals surface area contributed by atoms with Crippen LogP contribution in [0.25, 0.3) is 0 Å². The quantitative estimate of drug-likeness (QED) is 0.534. The minimum atomic E-state index is -0.319. The lowest BCUT2D eigenvalue weighted by Crippen LogP contribution is -2.59. The van der Waals surface area contributed by atoms with Crippen molar-refractivity contribution in [2.45, 2.75) is 110 Å². The third-order valence-corrected chi connectivity index (χ3v) is 12.1. The second-order valence-corrected chi connectivity index (χ2v) is 13.4.